The summed E-state index contributed by atoms with van der Waals surface area (Å²) in [4.78, 5) is 15.0. The van der Waals surface area contributed by atoms with E-state index < -0.39 is 10.0 Å². The van der Waals surface area contributed by atoms with E-state index in [0.717, 1.165) is 91.0 Å². The van der Waals surface area contributed by atoms with Gasteiger partial charge in [-0.1, -0.05) is 32.0 Å². The number of hydrogen-bond donors (Lipinski definition) is 0. The summed E-state index contributed by atoms with van der Waals surface area (Å²) in [7, 11) is -3.90. The molecule has 0 atom stereocenters. The normalized spacial score (nSPS) is 16.8. The summed E-state index contributed by atoms with van der Waals surface area (Å²) in [5.41, 5.74) is 7.06. The maximum atomic E-state index is 13.9. The van der Waals surface area contributed by atoms with Gasteiger partial charge in [-0.25, -0.2) is 17.4 Å². The summed E-state index contributed by atoms with van der Waals surface area (Å²) >= 11 is 0. The number of likely N-dealkylation sites (tertiary alicyclic amines) is 1. The van der Waals surface area contributed by atoms with E-state index in [4.69, 9.17) is 19.8 Å². The van der Waals surface area contributed by atoms with Crippen molar-refractivity contribution >= 4 is 26.7 Å². The second kappa shape index (κ2) is 12.6. The minimum atomic E-state index is -3.90. The zero-order valence-electron chi connectivity index (χ0n) is 26.8. The molecule has 0 aliphatic carbocycles. The molecule has 46 heavy (non-hydrogen) atoms. The molecule has 11 heteroatoms. The highest BCUT2D eigenvalue weighted by molar-refractivity contribution is 7.90. The Bertz CT molecular complexity index is 1950. The minimum absolute atomic E-state index is 0.214. The summed E-state index contributed by atoms with van der Waals surface area (Å²) in [5.74, 6) is 0. The standard InChI is InChI=1S/C35H41N7O3S/c1-4-32-34(40-15-17-45-18-16-40)25(3)19-33(38-32)26-20-30-31(27-22-37-41(23-27)28-11-13-39(5-2)14-12-28)24-42(35(30)36-21-26)46(43,44)29-9-7-6-8-10-29/h6-10,19-24,28H,4-5,11-18H2,1-3H3. The number of nitrogens with zero attached hydrogens (tertiary/aromatic N) is 7. The van der Waals surface area contributed by atoms with Gasteiger partial charge in [0.2, 0.25) is 0 Å². The van der Waals surface area contributed by atoms with Crippen LogP contribution in [0.4, 0.5) is 5.69 Å². The number of pyridine rings is 2. The fourth-order valence-electron chi connectivity index (χ4n) is 6.86. The molecular formula is C35H41N7O3S. The van der Waals surface area contributed by atoms with Crippen LogP contribution >= 0.6 is 0 Å². The molecule has 4 aromatic heterocycles. The van der Waals surface area contributed by atoms with Crippen molar-refractivity contribution in [2.75, 3.05) is 50.8 Å². The van der Waals surface area contributed by atoms with Gasteiger partial charge in [-0.3, -0.25) is 9.67 Å². The largest absolute Gasteiger partial charge is 0.378 e. The highest BCUT2D eigenvalue weighted by Gasteiger charge is 2.26. The zero-order chi connectivity index (χ0) is 31.8. The molecule has 0 spiro atoms. The number of ether oxygens (including phenoxy) is 1. The first-order valence-electron chi connectivity index (χ1n) is 16.3. The molecule has 2 fully saturated rings. The van der Waals surface area contributed by atoms with Crippen LogP contribution in [0.1, 0.15) is 44.0 Å². The zero-order valence-corrected chi connectivity index (χ0v) is 27.6. The van der Waals surface area contributed by atoms with Crippen molar-refractivity contribution in [3.05, 3.63) is 78.5 Å². The number of aromatic nitrogens is 5. The van der Waals surface area contributed by atoms with Crippen LogP contribution in [0.5, 0.6) is 0 Å². The maximum Gasteiger partial charge on any atom is 0.269 e. The first-order chi connectivity index (χ1) is 22.4. The number of piperidine rings is 1. The molecule has 5 aromatic rings. The highest BCUT2D eigenvalue weighted by Crippen LogP contribution is 2.36. The van der Waals surface area contributed by atoms with Gasteiger partial charge in [0.05, 0.1) is 47.4 Å². The van der Waals surface area contributed by atoms with Gasteiger partial charge in [0, 0.05) is 66.8 Å². The predicted molar refractivity (Wildman–Crippen MR) is 181 cm³/mol. The molecule has 2 aliphatic heterocycles. The Morgan fingerprint density at radius 3 is 2.41 bits per heavy atom. The molecule has 2 saturated heterocycles. The number of fused-ring (bicyclic) bond motifs is 1. The van der Waals surface area contributed by atoms with E-state index in [1.807, 2.05) is 18.3 Å². The van der Waals surface area contributed by atoms with Crippen LogP contribution in [0.2, 0.25) is 0 Å². The number of rotatable bonds is 8. The molecule has 0 bridgehead atoms. The van der Waals surface area contributed by atoms with Gasteiger partial charge in [0.15, 0.2) is 5.65 Å². The molecule has 10 nitrogen and oxygen atoms in total. The van der Waals surface area contributed by atoms with Gasteiger partial charge in [-0.2, -0.15) is 5.10 Å². The Balaban J connectivity index is 1.34. The Hall–Kier alpha value is -4.06. The van der Waals surface area contributed by atoms with Crippen LogP contribution in [0.15, 0.2) is 72.1 Å². The lowest BCUT2D eigenvalue weighted by Crippen LogP contribution is -2.37. The van der Waals surface area contributed by atoms with Crippen molar-refractivity contribution in [1.82, 2.24) is 28.6 Å². The number of anilines is 1. The first-order valence-corrected chi connectivity index (χ1v) is 17.7. The molecule has 6 heterocycles. The summed E-state index contributed by atoms with van der Waals surface area (Å²) in [6, 6.07) is 13.0. The number of benzene rings is 1. The average molecular weight is 640 g/mol. The lowest BCUT2D eigenvalue weighted by Gasteiger charge is -2.31. The van der Waals surface area contributed by atoms with E-state index in [9.17, 15) is 8.42 Å². The minimum Gasteiger partial charge on any atom is -0.378 e. The fourth-order valence-corrected chi connectivity index (χ4v) is 8.21. The molecule has 0 radical (unpaired) electrons. The third kappa shape index (κ3) is 5.61. The van der Waals surface area contributed by atoms with E-state index in [0.29, 0.717) is 24.9 Å². The summed E-state index contributed by atoms with van der Waals surface area (Å²) in [6.45, 7) is 12.8. The quantitative estimate of drug-likeness (QED) is 0.218. The van der Waals surface area contributed by atoms with Crippen LogP contribution in [-0.4, -0.2) is 83.0 Å². The van der Waals surface area contributed by atoms with Crippen molar-refractivity contribution in [2.24, 2.45) is 0 Å². The van der Waals surface area contributed by atoms with Crippen LogP contribution < -0.4 is 4.90 Å². The monoisotopic (exact) mass is 639 g/mol. The van der Waals surface area contributed by atoms with Gasteiger partial charge in [0.1, 0.15) is 0 Å². The lowest BCUT2D eigenvalue weighted by molar-refractivity contribution is 0.122. The van der Waals surface area contributed by atoms with Crippen molar-refractivity contribution in [2.45, 2.75) is 51.0 Å². The summed E-state index contributed by atoms with van der Waals surface area (Å²) in [6.07, 6.45) is 10.2. The molecule has 2 aliphatic rings. The Kier molecular flexibility index (Phi) is 8.39. The summed E-state index contributed by atoms with van der Waals surface area (Å²) < 4.78 is 36.8. The third-order valence-electron chi connectivity index (χ3n) is 9.42. The van der Waals surface area contributed by atoms with Gasteiger partial charge < -0.3 is 14.5 Å². The molecule has 0 unspecified atom stereocenters. The van der Waals surface area contributed by atoms with Gasteiger partial charge in [-0.15, -0.1) is 0 Å². The van der Waals surface area contributed by atoms with Gasteiger partial charge in [-0.05, 0) is 62.6 Å². The molecule has 0 saturated carbocycles. The van der Waals surface area contributed by atoms with Crippen LogP contribution in [0.3, 0.4) is 0 Å². The maximum absolute atomic E-state index is 13.9. The second-order valence-electron chi connectivity index (χ2n) is 12.2. The number of aryl methyl sites for hydroxylation is 2. The van der Waals surface area contributed by atoms with Gasteiger partial charge >= 0.3 is 0 Å². The van der Waals surface area contributed by atoms with Gasteiger partial charge in [0.25, 0.3) is 10.0 Å². The van der Waals surface area contributed by atoms with E-state index >= 15 is 0 Å². The number of morpholine rings is 1. The second-order valence-corrected chi connectivity index (χ2v) is 14.0. The first kappa shape index (κ1) is 30.6. The third-order valence-corrected chi connectivity index (χ3v) is 11.1. The smallest absolute Gasteiger partial charge is 0.269 e. The van der Waals surface area contributed by atoms with Crippen LogP contribution in [0.25, 0.3) is 33.4 Å². The van der Waals surface area contributed by atoms with E-state index in [1.165, 1.54) is 9.66 Å². The fraction of sp³-hybridized carbons (Fsp3) is 0.400. The van der Waals surface area contributed by atoms with Crippen molar-refractivity contribution in [1.29, 1.82) is 0 Å². The van der Waals surface area contributed by atoms with Crippen LogP contribution in [0, 0.1) is 6.92 Å². The van der Waals surface area contributed by atoms with Crippen molar-refractivity contribution in [3.8, 4) is 22.4 Å². The topological polar surface area (TPSA) is 98.4 Å². The molecule has 240 valence electrons. The summed E-state index contributed by atoms with van der Waals surface area (Å²) in [5, 5.41) is 5.51. The molecule has 0 N–H and O–H groups in total. The van der Waals surface area contributed by atoms with Crippen molar-refractivity contribution < 1.29 is 13.2 Å². The van der Waals surface area contributed by atoms with E-state index in [-0.39, 0.29) is 4.90 Å². The van der Waals surface area contributed by atoms with Crippen molar-refractivity contribution in [3.63, 3.8) is 0 Å². The van der Waals surface area contributed by atoms with E-state index in [2.05, 4.69) is 47.5 Å². The molecular weight excluding hydrogens is 598 g/mol. The number of hydrogen-bond acceptors (Lipinski definition) is 8. The molecule has 7 rings (SSSR count). The molecule has 0 amide bonds. The van der Waals surface area contributed by atoms with E-state index in [1.54, 1.807) is 36.7 Å². The SMILES string of the molecule is CCc1nc(-c2cnc3c(c2)c(-c2cnn(C4CCN(CC)CC4)c2)cn3S(=O)(=O)c2ccccc2)cc(C)c1N1CCOCC1. The molecule has 1 aromatic carbocycles. The van der Waals surface area contributed by atoms with Crippen LogP contribution in [-0.2, 0) is 21.2 Å². The lowest BCUT2D eigenvalue weighted by atomic mass is 10.0. The Labute approximate surface area is 270 Å². The Morgan fingerprint density at radius 2 is 1.70 bits per heavy atom. The highest BCUT2D eigenvalue weighted by atomic mass is 32.2. The Morgan fingerprint density at radius 1 is 0.935 bits per heavy atom. The predicted octanol–water partition coefficient (Wildman–Crippen LogP) is 5.56. The average Bonchev–Trinajstić information content (AvgIpc) is 3.74.